The Balaban J connectivity index is 2.64. The van der Waals surface area contributed by atoms with Gasteiger partial charge in [0.25, 0.3) is 0 Å². The van der Waals surface area contributed by atoms with E-state index in [1.54, 1.807) is 0 Å². The summed E-state index contributed by atoms with van der Waals surface area (Å²) in [6.07, 6.45) is 3.79. The number of carbonyl (C=O) groups excluding carboxylic acids is 1. The lowest BCUT2D eigenvalue weighted by atomic mass is 10.1. The Morgan fingerprint density at radius 3 is 2.41 bits per heavy atom. The van der Waals surface area contributed by atoms with Crippen LogP contribution >= 0.6 is 11.8 Å². The molecule has 1 unspecified atom stereocenters. The average molecular weight is 251 g/mol. The monoisotopic (exact) mass is 251 g/mol. The summed E-state index contributed by atoms with van der Waals surface area (Å²) in [6.45, 7) is 4.07. The summed E-state index contributed by atoms with van der Waals surface area (Å²) in [5, 5.41) is 3.48. The first-order valence-electron chi connectivity index (χ1n) is 6.10. The van der Waals surface area contributed by atoms with Gasteiger partial charge in [-0.1, -0.05) is 13.8 Å². The van der Waals surface area contributed by atoms with E-state index in [2.05, 4.69) is 18.5 Å². The molecule has 94 valence electrons. The Bertz CT molecular complexity index is 348. The van der Waals surface area contributed by atoms with E-state index in [4.69, 9.17) is 0 Å². The highest BCUT2D eigenvalue weighted by molar-refractivity contribution is 7.98. The zero-order valence-corrected chi connectivity index (χ0v) is 11.6. The molecule has 0 aliphatic rings. The Morgan fingerprint density at radius 2 is 1.94 bits per heavy atom. The summed E-state index contributed by atoms with van der Waals surface area (Å²) < 4.78 is 0. The van der Waals surface area contributed by atoms with Crippen molar-refractivity contribution in [2.45, 2.75) is 32.7 Å². The van der Waals surface area contributed by atoms with Crippen molar-refractivity contribution in [1.82, 2.24) is 0 Å². The molecule has 0 bridgehead atoms. The molecule has 0 aliphatic heterocycles. The smallest absolute Gasteiger partial charge is 0.162 e. The predicted octanol–water partition coefficient (Wildman–Crippen LogP) is 3.83. The molecule has 0 fully saturated rings. The molecule has 0 radical (unpaired) electrons. The number of carbonyl (C=O) groups is 1. The van der Waals surface area contributed by atoms with Crippen LogP contribution in [0.4, 0.5) is 5.69 Å². The van der Waals surface area contributed by atoms with Gasteiger partial charge >= 0.3 is 0 Å². The molecule has 1 aromatic rings. The van der Waals surface area contributed by atoms with Crippen LogP contribution < -0.4 is 5.32 Å². The lowest BCUT2D eigenvalue weighted by molar-refractivity contribution is 0.0988. The van der Waals surface area contributed by atoms with Crippen LogP contribution in [0.2, 0.25) is 0 Å². The Morgan fingerprint density at radius 1 is 1.29 bits per heavy atom. The molecule has 1 N–H and O–H groups in total. The van der Waals surface area contributed by atoms with E-state index in [9.17, 15) is 4.79 Å². The Labute approximate surface area is 108 Å². The first-order chi connectivity index (χ1) is 8.21. The summed E-state index contributed by atoms with van der Waals surface area (Å²) in [5.74, 6) is 1.30. The van der Waals surface area contributed by atoms with Gasteiger partial charge in [0.1, 0.15) is 0 Å². The third-order valence-corrected chi connectivity index (χ3v) is 3.50. The highest BCUT2D eigenvalue weighted by Crippen LogP contribution is 2.14. The van der Waals surface area contributed by atoms with Crippen LogP contribution in [0.3, 0.4) is 0 Å². The van der Waals surface area contributed by atoms with E-state index >= 15 is 0 Å². The lowest BCUT2D eigenvalue weighted by Gasteiger charge is -2.17. The topological polar surface area (TPSA) is 29.1 Å². The molecule has 0 amide bonds. The van der Waals surface area contributed by atoms with E-state index in [1.165, 1.54) is 0 Å². The number of Topliss-reactive ketones (excluding diaryl/α,β-unsaturated/α-hetero) is 1. The van der Waals surface area contributed by atoms with Gasteiger partial charge in [-0.25, -0.2) is 0 Å². The Kier molecular flexibility index (Phi) is 6.12. The van der Waals surface area contributed by atoms with Crippen LogP contribution in [0.5, 0.6) is 0 Å². The number of ketones is 1. The van der Waals surface area contributed by atoms with E-state index in [0.29, 0.717) is 12.5 Å². The SMILES string of the molecule is CCC(=O)c1ccc(NC(CC)CSC)cc1. The van der Waals surface area contributed by atoms with Crippen LogP contribution in [-0.4, -0.2) is 23.8 Å². The van der Waals surface area contributed by atoms with Gasteiger partial charge in [-0.15, -0.1) is 0 Å². The molecule has 1 aromatic carbocycles. The quantitative estimate of drug-likeness (QED) is 0.747. The van der Waals surface area contributed by atoms with Crippen molar-refractivity contribution >= 4 is 23.2 Å². The van der Waals surface area contributed by atoms with E-state index in [1.807, 2.05) is 43.0 Å². The van der Waals surface area contributed by atoms with Gasteiger partial charge in [0.05, 0.1) is 0 Å². The van der Waals surface area contributed by atoms with Crippen LogP contribution in [0.1, 0.15) is 37.0 Å². The summed E-state index contributed by atoms with van der Waals surface area (Å²) in [7, 11) is 0. The maximum atomic E-state index is 11.5. The first-order valence-corrected chi connectivity index (χ1v) is 7.49. The van der Waals surface area contributed by atoms with Crippen molar-refractivity contribution in [3.8, 4) is 0 Å². The number of nitrogens with one attached hydrogen (secondary N) is 1. The standard InChI is InChI=1S/C14H21NOS/c1-4-12(10-17-3)15-13-8-6-11(7-9-13)14(16)5-2/h6-9,12,15H,4-5,10H2,1-3H3. The van der Waals surface area contributed by atoms with Gasteiger partial charge in [-0.3, -0.25) is 4.79 Å². The number of hydrogen-bond donors (Lipinski definition) is 1. The Hall–Kier alpha value is -0.960. The minimum atomic E-state index is 0.202. The maximum Gasteiger partial charge on any atom is 0.162 e. The molecule has 3 heteroatoms. The second-order valence-corrected chi connectivity index (χ2v) is 4.97. The van der Waals surface area contributed by atoms with Crippen molar-refractivity contribution in [1.29, 1.82) is 0 Å². The third kappa shape index (κ3) is 4.43. The van der Waals surface area contributed by atoms with Crippen molar-refractivity contribution in [3.05, 3.63) is 29.8 Å². The average Bonchev–Trinajstić information content (AvgIpc) is 2.38. The maximum absolute atomic E-state index is 11.5. The molecule has 0 aromatic heterocycles. The molecule has 17 heavy (non-hydrogen) atoms. The highest BCUT2D eigenvalue weighted by atomic mass is 32.2. The summed E-state index contributed by atoms with van der Waals surface area (Å²) in [6, 6.07) is 8.29. The number of thioether (sulfide) groups is 1. The van der Waals surface area contributed by atoms with E-state index < -0.39 is 0 Å². The molecule has 1 atom stereocenters. The van der Waals surface area contributed by atoms with Crippen LogP contribution in [0.15, 0.2) is 24.3 Å². The molecular formula is C14H21NOS. The van der Waals surface area contributed by atoms with Crippen LogP contribution in [0, 0.1) is 0 Å². The number of hydrogen-bond acceptors (Lipinski definition) is 3. The largest absolute Gasteiger partial charge is 0.381 e. The summed E-state index contributed by atoms with van der Waals surface area (Å²) in [5.41, 5.74) is 1.90. The second kappa shape index (κ2) is 7.38. The van der Waals surface area contributed by atoms with Gasteiger partial charge in [0.15, 0.2) is 5.78 Å². The number of benzene rings is 1. The molecule has 0 saturated heterocycles. The van der Waals surface area contributed by atoms with Gasteiger partial charge in [0.2, 0.25) is 0 Å². The minimum Gasteiger partial charge on any atom is -0.381 e. The number of rotatable bonds is 7. The zero-order chi connectivity index (χ0) is 12.7. The van der Waals surface area contributed by atoms with Crippen LogP contribution in [-0.2, 0) is 0 Å². The zero-order valence-electron chi connectivity index (χ0n) is 10.8. The first kappa shape index (κ1) is 14.1. The van der Waals surface area contributed by atoms with Gasteiger partial charge in [-0.2, -0.15) is 11.8 Å². The fourth-order valence-electron chi connectivity index (χ4n) is 1.65. The van der Waals surface area contributed by atoms with Crippen molar-refractivity contribution < 1.29 is 4.79 Å². The number of anilines is 1. The fraction of sp³-hybridized carbons (Fsp3) is 0.500. The summed E-state index contributed by atoms with van der Waals surface area (Å²) >= 11 is 1.85. The molecule has 0 saturated carbocycles. The minimum absolute atomic E-state index is 0.202. The molecule has 0 spiro atoms. The predicted molar refractivity (Wildman–Crippen MR) is 77.1 cm³/mol. The lowest BCUT2D eigenvalue weighted by Crippen LogP contribution is -2.20. The third-order valence-electron chi connectivity index (χ3n) is 2.76. The summed E-state index contributed by atoms with van der Waals surface area (Å²) in [4.78, 5) is 11.5. The van der Waals surface area contributed by atoms with Crippen molar-refractivity contribution in [2.24, 2.45) is 0 Å². The molecule has 0 heterocycles. The highest BCUT2D eigenvalue weighted by Gasteiger charge is 2.06. The molecule has 0 aliphatic carbocycles. The molecule has 2 nitrogen and oxygen atoms in total. The van der Waals surface area contributed by atoms with E-state index in [-0.39, 0.29) is 5.78 Å². The van der Waals surface area contributed by atoms with Crippen molar-refractivity contribution in [3.63, 3.8) is 0 Å². The van der Waals surface area contributed by atoms with Gasteiger partial charge in [-0.05, 0) is 36.9 Å². The fourth-order valence-corrected chi connectivity index (χ4v) is 2.38. The molecule has 1 rings (SSSR count). The normalized spacial score (nSPS) is 12.2. The van der Waals surface area contributed by atoms with Crippen molar-refractivity contribution in [2.75, 3.05) is 17.3 Å². The van der Waals surface area contributed by atoms with Gasteiger partial charge < -0.3 is 5.32 Å². The van der Waals surface area contributed by atoms with Crippen LogP contribution in [0.25, 0.3) is 0 Å². The second-order valence-electron chi connectivity index (χ2n) is 4.06. The molecular weight excluding hydrogens is 230 g/mol. The van der Waals surface area contributed by atoms with E-state index in [0.717, 1.165) is 23.4 Å². The van der Waals surface area contributed by atoms with Gasteiger partial charge in [0, 0.05) is 29.5 Å².